The van der Waals surface area contributed by atoms with Crippen LogP contribution in [0.3, 0.4) is 0 Å². The van der Waals surface area contributed by atoms with Crippen LogP contribution in [0.1, 0.15) is 0 Å². The Morgan fingerprint density at radius 2 is 1.20 bits per heavy atom. The van der Waals surface area contributed by atoms with E-state index in [0.29, 0.717) is 12.6 Å². The molecule has 0 aliphatic carbocycles. The molecule has 5 nitrogen and oxygen atoms in total. The van der Waals surface area contributed by atoms with Gasteiger partial charge in [-0.05, 0) is 0 Å². The van der Waals surface area contributed by atoms with E-state index >= 15 is 0 Å². The summed E-state index contributed by atoms with van der Waals surface area (Å²) >= 11 is 0. The standard InChI is InChI=1S/C5H11N3O2/c6-3(1-9)5(8)4(7)2-10/h1-5H,6-8H2. The molecule has 5 heteroatoms. The molecule has 0 heterocycles. The number of hydrogen-bond acceptors (Lipinski definition) is 5. The van der Waals surface area contributed by atoms with Crippen LogP contribution < -0.4 is 17.2 Å². The van der Waals surface area contributed by atoms with Crippen molar-refractivity contribution in [2.24, 2.45) is 17.2 Å². The van der Waals surface area contributed by atoms with Crippen LogP contribution in [-0.4, -0.2) is 30.7 Å². The Morgan fingerprint density at radius 1 is 0.900 bits per heavy atom. The molecule has 0 fully saturated rings. The third-order valence-electron chi connectivity index (χ3n) is 1.20. The van der Waals surface area contributed by atoms with Crippen LogP contribution in [0.25, 0.3) is 0 Å². The lowest BCUT2D eigenvalue weighted by Gasteiger charge is -2.16. The molecule has 6 N–H and O–H groups in total. The quantitative estimate of drug-likeness (QED) is 0.374. The molecule has 0 aliphatic rings. The first kappa shape index (κ1) is 9.22. The molecule has 10 heavy (non-hydrogen) atoms. The molecule has 0 amide bonds. The van der Waals surface area contributed by atoms with Crippen LogP contribution in [0.4, 0.5) is 0 Å². The Morgan fingerprint density at radius 3 is 1.40 bits per heavy atom. The van der Waals surface area contributed by atoms with E-state index < -0.39 is 18.1 Å². The minimum Gasteiger partial charge on any atom is -0.324 e. The Labute approximate surface area is 58.5 Å². The van der Waals surface area contributed by atoms with E-state index in [9.17, 15) is 9.59 Å². The first-order valence-electron chi connectivity index (χ1n) is 2.80. The average Bonchev–Trinajstić information content (AvgIpc) is 2.00. The second-order valence-electron chi connectivity index (χ2n) is 2.00. The summed E-state index contributed by atoms with van der Waals surface area (Å²) in [5.41, 5.74) is 15.6. The highest BCUT2D eigenvalue weighted by Crippen LogP contribution is 1.85. The van der Waals surface area contributed by atoms with Crippen molar-refractivity contribution < 1.29 is 9.59 Å². The molecule has 2 atom stereocenters. The fourth-order valence-electron chi connectivity index (χ4n) is 0.438. The number of carbonyl (C=O) groups excluding carboxylic acids is 2. The monoisotopic (exact) mass is 145 g/mol. The van der Waals surface area contributed by atoms with Crippen molar-refractivity contribution >= 4 is 12.6 Å². The van der Waals surface area contributed by atoms with Crippen molar-refractivity contribution in [2.45, 2.75) is 18.1 Å². The normalized spacial score (nSPS) is 19.1. The zero-order valence-corrected chi connectivity index (χ0v) is 5.44. The van der Waals surface area contributed by atoms with E-state index in [4.69, 9.17) is 17.2 Å². The van der Waals surface area contributed by atoms with Crippen LogP contribution in [-0.2, 0) is 9.59 Å². The first-order valence-corrected chi connectivity index (χ1v) is 2.80. The van der Waals surface area contributed by atoms with Crippen molar-refractivity contribution in [1.29, 1.82) is 0 Å². The molecule has 0 saturated heterocycles. The van der Waals surface area contributed by atoms with Crippen LogP contribution in [0.15, 0.2) is 0 Å². The topological polar surface area (TPSA) is 112 Å². The molecule has 0 spiro atoms. The van der Waals surface area contributed by atoms with Gasteiger partial charge in [-0.15, -0.1) is 0 Å². The summed E-state index contributed by atoms with van der Waals surface area (Å²) < 4.78 is 0. The molecule has 0 bridgehead atoms. The zero-order chi connectivity index (χ0) is 8.15. The van der Waals surface area contributed by atoms with Gasteiger partial charge in [-0.3, -0.25) is 0 Å². The molecule has 0 saturated carbocycles. The lowest BCUT2D eigenvalue weighted by Crippen LogP contribution is -2.54. The first-order chi connectivity index (χ1) is 4.63. The van der Waals surface area contributed by atoms with Crippen LogP contribution in [0, 0.1) is 0 Å². The molecule has 0 radical (unpaired) electrons. The number of aldehydes is 2. The van der Waals surface area contributed by atoms with E-state index in [1.807, 2.05) is 0 Å². The summed E-state index contributed by atoms with van der Waals surface area (Å²) in [5, 5.41) is 0. The predicted octanol–water partition coefficient (Wildman–Crippen LogP) is -2.63. The summed E-state index contributed by atoms with van der Waals surface area (Å²) in [5.74, 6) is 0. The number of rotatable bonds is 4. The van der Waals surface area contributed by atoms with Crippen molar-refractivity contribution in [2.75, 3.05) is 0 Å². The van der Waals surface area contributed by atoms with Crippen molar-refractivity contribution in [1.82, 2.24) is 0 Å². The lowest BCUT2D eigenvalue weighted by atomic mass is 10.1. The molecule has 2 unspecified atom stereocenters. The number of carbonyl (C=O) groups is 2. The van der Waals surface area contributed by atoms with Gasteiger partial charge in [0.2, 0.25) is 0 Å². The smallest absolute Gasteiger partial charge is 0.138 e. The molecule has 58 valence electrons. The van der Waals surface area contributed by atoms with Crippen molar-refractivity contribution in [3.05, 3.63) is 0 Å². The van der Waals surface area contributed by atoms with E-state index in [0.717, 1.165) is 0 Å². The maximum Gasteiger partial charge on any atom is 0.138 e. The maximum absolute atomic E-state index is 9.99. The van der Waals surface area contributed by atoms with Gasteiger partial charge in [0.05, 0.1) is 12.1 Å². The van der Waals surface area contributed by atoms with Crippen LogP contribution in [0.5, 0.6) is 0 Å². The van der Waals surface area contributed by atoms with E-state index in [1.54, 1.807) is 0 Å². The Balaban J connectivity index is 3.91. The maximum atomic E-state index is 9.99. The number of hydrogen-bond donors (Lipinski definition) is 3. The van der Waals surface area contributed by atoms with Crippen LogP contribution in [0.2, 0.25) is 0 Å². The second-order valence-corrected chi connectivity index (χ2v) is 2.00. The highest BCUT2D eigenvalue weighted by molar-refractivity contribution is 5.64. The van der Waals surface area contributed by atoms with E-state index in [-0.39, 0.29) is 0 Å². The Hall–Kier alpha value is -0.780. The van der Waals surface area contributed by atoms with Gasteiger partial charge in [0.25, 0.3) is 0 Å². The van der Waals surface area contributed by atoms with Gasteiger partial charge in [0, 0.05) is 6.04 Å². The van der Waals surface area contributed by atoms with E-state index in [1.165, 1.54) is 0 Å². The molecule has 0 aromatic rings. The van der Waals surface area contributed by atoms with Crippen LogP contribution >= 0.6 is 0 Å². The largest absolute Gasteiger partial charge is 0.324 e. The summed E-state index contributed by atoms with van der Waals surface area (Å²) in [6, 6.07) is -2.50. The predicted molar refractivity (Wildman–Crippen MR) is 36.1 cm³/mol. The van der Waals surface area contributed by atoms with Gasteiger partial charge in [0.15, 0.2) is 0 Å². The third kappa shape index (κ3) is 2.22. The molecule has 0 aromatic heterocycles. The fraction of sp³-hybridized carbons (Fsp3) is 0.600. The Bertz CT molecular complexity index is 114. The molecular formula is C5H11N3O2. The lowest BCUT2D eigenvalue weighted by molar-refractivity contribution is -0.110. The molecule has 0 aliphatic heterocycles. The Kier molecular flexibility index (Phi) is 3.78. The zero-order valence-electron chi connectivity index (χ0n) is 5.44. The highest BCUT2D eigenvalue weighted by Gasteiger charge is 2.18. The van der Waals surface area contributed by atoms with E-state index in [2.05, 4.69) is 0 Å². The van der Waals surface area contributed by atoms with Crippen molar-refractivity contribution in [3.8, 4) is 0 Å². The molecule has 0 rings (SSSR count). The SMILES string of the molecule is NC(C=O)C(N)C(N)C=O. The average molecular weight is 145 g/mol. The third-order valence-corrected chi connectivity index (χ3v) is 1.20. The fourth-order valence-corrected chi connectivity index (χ4v) is 0.438. The second kappa shape index (κ2) is 4.10. The minimum absolute atomic E-state index is 0.466. The number of nitrogens with two attached hydrogens (primary N) is 3. The minimum atomic E-state index is -0.861. The van der Waals surface area contributed by atoms with Crippen molar-refractivity contribution in [3.63, 3.8) is 0 Å². The van der Waals surface area contributed by atoms with Gasteiger partial charge in [-0.25, -0.2) is 0 Å². The summed E-state index contributed by atoms with van der Waals surface area (Å²) in [7, 11) is 0. The van der Waals surface area contributed by atoms with Gasteiger partial charge >= 0.3 is 0 Å². The summed E-state index contributed by atoms with van der Waals surface area (Å²) in [6.45, 7) is 0. The molecular weight excluding hydrogens is 134 g/mol. The molecule has 0 aromatic carbocycles. The van der Waals surface area contributed by atoms with Gasteiger partial charge in [-0.2, -0.15) is 0 Å². The highest BCUT2D eigenvalue weighted by atomic mass is 16.1. The van der Waals surface area contributed by atoms with Gasteiger partial charge in [0.1, 0.15) is 12.6 Å². The van der Waals surface area contributed by atoms with Gasteiger partial charge < -0.3 is 26.8 Å². The summed E-state index contributed by atoms with van der Waals surface area (Å²) in [6.07, 6.45) is 0.933. The van der Waals surface area contributed by atoms with Gasteiger partial charge in [-0.1, -0.05) is 0 Å². The summed E-state index contributed by atoms with van der Waals surface area (Å²) in [4.78, 5) is 20.0.